The van der Waals surface area contributed by atoms with Gasteiger partial charge < -0.3 is 9.84 Å². The number of aliphatic hydroxyl groups excluding tert-OH is 1. The average molecular weight is 244 g/mol. The summed E-state index contributed by atoms with van der Waals surface area (Å²) in [7, 11) is 0. The van der Waals surface area contributed by atoms with Crippen molar-refractivity contribution >= 4 is 11.7 Å². The van der Waals surface area contributed by atoms with Crippen molar-refractivity contribution in [1.29, 1.82) is 0 Å². The molecule has 1 aromatic carbocycles. The van der Waals surface area contributed by atoms with Gasteiger partial charge in [-0.05, 0) is 6.92 Å². The molecule has 1 N–H and O–H groups in total. The lowest BCUT2D eigenvalue weighted by Gasteiger charge is -2.05. The highest BCUT2D eigenvalue weighted by Crippen LogP contribution is 2.15. The van der Waals surface area contributed by atoms with Gasteiger partial charge >= 0.3 is 5.97 Å². The lowest BCUT2D eigenvalue weighted by molar-refractivity contribution is -0.134. The summed E-state index contributed by atoms with van der Waals surface area (Å²) in [6.45, 7) is 3.02. The number of carbonyl (C=O) groups is 1. The fraction of sp³-hybridized carbons (Fsp3) is 0.267. The van der Waals surface area contributed by atoms with Crippen LogP contribution in [0.2, 0.25) is 0 Å². The molecule has 0 radical (unpaired) electrons. The van der Waals surface area contributed by atoms with Gasteiger partial charge in [-0.1, -0.05) is 42.2 Å². The number of benzene rings is 1. The fourth-order valence-corrected chi connectivity index (χ4v) is 1.25. The Morgan fingerprint density at radius 1 is 1.44 bits per heavy atom. The molecule has 0 aliphatic carbocycles. The quantitative estimate of drug-likeness (QED) is 0.504. The molecule has 1 unspecified atom stereocenters. The summed E-state index contributed by atoms with van der Waals surface area (Å²) in [4.78, 5) is 11.0. The van der Waals surface area contributed by atoms with E-state index in [-0.39, 0.29) is 5.97 Å². The largest absolute Gasteiger partial charge is 0.425 e. The normalized spacial score (nSPS) is 12.3. The molecule has 0 fully saturated rings. The molecule has 3 heteroatoms. The van der Waals surface area contributed by atoms with Gasteiger partial charge in [0.1, 0.15) is 5.76 Å². The number of hydrogen-bond donors (Lipinski definition) is 1. The molecule has 1 rings (SSSR count). The Hall–Kier alpha value is -2.05. The van der Waals surface area contributed by atoms with Crippen molar-refractivity contribution in [3.63, 3.8) is 0 Å². The molecule has 0 saturated heterocycles. The second-order valence-corrected chi connectivity index (χ2v) is 3.84. The molecule has 1 atom stereocenters. The smallest absolute Gasteiger partial charge is 0.308 e. The Kier molecular flexibility index (Phi) is 5.69. The highest BCUT2D eigenvalue weighted by Gasteiger charge is 2.04. The Balaban J connectivity index is 2.87. The van der Waals surface area contributed by atoms with Gasteiger partial charge in [-0.3, -0.25) is 4.79 Å². The highest BCUT2D eigenvalue weighted by atomic mass is 16.5. The molecule has 94 valence electrons. The summed E-state index contributed by atoms with van der Waals surface area (Å²) < 4.78 is 5.10. The third-order valence-electron chi connectivity index (χ3n) is 2.01. The van der Waals surface area contributed by atoms with E-state index in [9.17, 15) is 4.79 Å². The minimum Gasteiger partial charge on any atom is -0.425 e. The first-order valence-electron chi connectivity index (χ1n) is 5.70. The summed E-state index contributed by atoms with van der Waals surface area (Å²) in [5.41, 5.74) is 0.791. The summed E-state index contributed by atoms with van der Waals surface area (Å²) in [5, 5.41) is 9.07. The standard InChI is InChI=1S/C15H16O3/c1-12(16)8-6-7-11-15(18-13(2)17)14-9-4-3-5-10-14/h3-5,9-12,16H,8H2,1-2H3/b15-11-. The third kappa shape index (κ3) is 5.33. The van der Waals surface area contributed by atoms with Crippen molar-refractivity contribution in [3.05, 3.63) is 42.0 Å². The van der Waals surface area contributed by atoms with Crippen LogP contribution in [-0.4, -0.2) is 17.2 Å². The van der Waals surface area contributed by atoms with Crippen molar-refractivity contribution in [2.75, 3.05) is 0 Å². The van der Waals surface area contributed by atoms with Crippen molar-refractivity contribution in [2.24, 2.45) is 0 Å². The maximum Gasteiger partial charge on any atom is 0.308 e. The fourth-order valence-electron chi connectivity index (χ4n) is 1.25. The molecule has 18 heavy (non-hydrogen) atoms. The maximum absolute atomic E-state index is 11.0. The second kappa shape index (κ2) is 7.31. The van der Waals surface area contributed by atoms with Gasteiger partial charge in [-0.2, -0.15) is 0 Å². The molecule has 0 aromatic heterocycles. The Morgan fingerprint density at radius 3 is 2.67 bits per heavy atom. The van der Waals surface area contributed by atoms with Crippen LogP contribution in [0.5, 0.6) is 0 Å². The summed E-state index contributed by atoms with van der Waals surface area (Å²) in [6.07, 6.45) is 1.47. The van der Waals surface area contributed by atoms with E-state index in [2.05, 4.69) is 11.8 Å². The van der Waals surface area contributed by atoms with Gasteiger partial charge in [0.05, 0.1) is 6.10 Å². The summed E-state index contributed by atoms with van der Waals surface area (Å²) in [5.74, 6) is 5.59. The van der Waals surface area contributed by atoms with Gasteiger partial charge in [0.2, 0.25) is 0 Å². The molecule has 0 spiro atoms. The molecule has 0 saturated carbocycles. The highest BCUT2D eigenvalue weighted by molar-refractivity contribution is 5.77. The molecule has 0 amide bonds. The van der Waals surface area contributed by atoms with Crippen LogP contribution in [0.1, 0.15) is 25.8 Å². The molecular formula is C15H16O3. The number of hydrogen-bond acceptors (Lipinski definition) is 3. The molecule has 0 aliphatic rings. The SMILES string of the molecule is CC(=O)O/C(=C\C#CCC(C)O)c1ccccc1. The van der Waals surface area contributed by atoms with Gasteiger partial charge in [0, 0.05) is 25.0 Å². The first-order valence-corrected chi connectivity index (χ1v) is 5.70. The van der Waals surface area contributed by atoms with E-state index in [1.54, 1.807) is 13.0 Å². The van der Waals surface area contributed by atoms with Crippen molar-refractivity contribution in [1.82, 2.24) is 0 Å². The minimum absolute atomic E-state index is 0.387. The van der Waals surface area contributed by atoms with Crippen molar-refractivity contribution in [3.8, 4) is 11.8 Å². The number of carbonyl (C=O) groups excluding carboxylic acids is 1. The zero-order valence-corrected chi connectivity index (χ0v) is 10.5. The van der Waals surface area contributed by atoms with Crippen molar-refractivity contribution < 1.29 is 14.6 Å². The zero-order chi connectivity index (χ0) is 13.4. The van der Waals surface area contributed by atoms with Gasteiger partial charge in [0.25, 0.3) is 0 Å². The lowest BCUT2D eigenvalue weighted by atomic mass is 10.2. The van der Waals surface area contributed by atoms with E-state index in [1.165, 1.54) is 6.92 Å². The first kappa shape index (κ1) is 14.0. The van der Waals surface area contributed by atoms with E-state index in [0.29, 0.717) is 12.2 Å². The molecule has 1 aromatic rings. The predicted octanol–water partition coefficient (Wildman–Crippen LogP) is 2.36. The summed E-state index contributed by atoms with van der Waals surface area (Å²) >= 11 is 0. The van der Waals surface area contributed by atoms with Crippen LogP contribution in [0.3, 0.4) is 0 Å². The summed E-state index contributed by atoms with van der Waals surface area (Å²) in [6, 6.07) is 9.27. The lowest BCUT2D eigenvalue weighted by Crippen LogP contribution is -1.98. The van der Waals surface area contributed by atoms with E-state index >= 15 is 0 Å². The third-order valence-corrected chi connectivity index (χ3v) is 2.01. The molecule has 0 bridgehead atoms. The van der Waals surface area contributed by atoms with Gasteiger partial charge in [0.15, 0.2) is 0 Å². The average Bonchev–Trinajstić information content (AvgIpc) is 2.33. The molecular weight excluding hydrogens is 228 g/mol. The number of esters is 1. The number of aliphatic hydroxyl groups is 1. The number of rotatable bonds is 3. The maximum atomic E-state index is 11.0. The van der Waals surface area contributed by atoms with Gasteiger partial charge in [-0.25, -0.2) is 0 Å². The van der Waals surface area contributed by atoms with Crippen LogP contribution < -0.4 is 0 Å². The van der Waals surface area contributed by atoms with Crippen LogP contribution in [0.25, 0.3) is 5.76 Å². The minimum atomic E-state index is -0.459. The first-order chi connectivity index (χ1) is 8.59. The molecule has 0 aliphatic heterocycles. The second-order valence-electron chi connectivity index (χ2n) is 3.84. The van der Waals surface area contributed by atoms with Crippen LogP contribution in [0.15, 0.2) is 36.4 Å². The van der Waals surface area contributed by atoms with Crippen LogP contribution in [0, 0.1) is 11.8 Å². The van der Waals surface area contributed by atoms with Crippen LogP contribution in [0.4, 0.5) is 0 Å². The van der Waals surface area contributed by atoms with E-state index in [0.717, 1.165) is 5.56 Å². The Labute approximate surface area is 107 Å². The Morgan fingerprint density at radius 2 is 2.11 bits per heavy atom. The van der Waals surface area contributed by atoms with Crippen LogP contribution >= 0.6 is 0 Å². The zero-order valence-electron chi connectivity index (χ0n) is 10.5. The predicted molar refractivity (Wildman–Crippen MR) is 70.3 cm³/mol. The topological polar surface area (TPSA) is 46.5 Å². The molecule has 0 heterocycles. The van der Waals surface area contributed by atoms with Crippen molar-refractivity contribution in [2.45, 2.75) is 26.4 Å². The van der Waals surface area contributed by atoms with E-state index in [4.69, 9.17) is 9.84 Å². The monoisotopic (exact) mass is 244 g/mol. The number of ether oxygens (including phenoxy) is 1. The number of allylic oxidation sites excluding steroid dienone is 1. The van der Waals surface area contributed by atoms with Crippen LogP contribution in [-0.2, 0) is 9.53 Å². The molecule has 3 nitrogen and oxygen atoms in total. The van der Waals surface area contributed by atoms with E-state index in [1.807, 2.05) is 30.3 Å². The van der Waals surface area contributed by atoms with E-state index < -0.39 is 6.10 Å². The Bertz CT molecular complexity index is 475. The van der Waals surface area contributed by atoms with Gasteiger partial charge in [-0.15, -0.1) is 0 Å².